The molecular weight excluding hydrogens is 323 g/mol. The number of ether oxygens (including phenoxy) is 1. The zero-order valence-corrected chi connectivity index (χ0v) is 13.7. The second-order valence-electron chi connectivity index (χ2n) is 4.99. The number of nitrogens with two attached hydrogens (primary N) is 1. The van der Waals surface area contributed by atoms with Crippen LogP contribution in [0.25, 0.3) is 0 Å². The number of hydrogen-bond donors (Lipinski definition) is 2. The Labute approximate surface area is 139 Å². The van der Waals surface area contributed by atoms with Gasteiger partial charge in [-0.15, -0.1) is 0 Å². The summed E-state index contributed by atoms with van der Waals surface area (Å²) in [5.41, 5.74) is 7.71. The van der Waals surface area contributed by atoms with Crippen molar-refractivity contribution in [3.05, 3.63) is 52.0 Å². The Balaban J connectivity index is 2.38. The quantitative estimate of drug-likeness (QED) is 0.615. The molecule has 0 radical (unpaired) electrons. The van der Waals surface area contributed by atoms with Gasteiger partial charge in [0.1, 0.15) is 0 Å². The van der Waals surface area contributed by atoms with Crippen molar-refractivity contribution in [1.29, 1.82) is 0 Å². The van der Waals surface area contributed by atoms with E-state index in [9.17, 15) is 4.79 Å². The van der Waals surface area contributed by atoms with Gasteiger partial charge in [-0.05, 0) is 44.2 Å². The molecule has 0 saturated heterocycles. The van der Waals surface area contributed by atoms with E-state index in [-0.39, 0.29) is 6.10 Å². The van der Waals surface area contributed by atoms with Gasteiger partial charge in [-0.25, -0.2) is 4.79 Å². The smallest absolute Gasteiger partial charge is 0.340 e. The zero-order valence-electron chi connectivity index (χ0n) is 12.2. The molecule has 0 saturated carbocycles. The van der Waals surface area contributed by atoms with E-state index in [1.54, 1.807) is 50.2 Å². The standard InChI is InChI=1S/C16H16Cl2N2O2/c1-9(2)22-16(21)11-8-10(19)6-7-13(11)20-14-5-3-4-12(17)15(14)18/h3-9,20H,19H2,1-2H3. The van der Waals surface area contributed by atoms with Gasteiger partial charge in [0.25, 0.3) is 0 Å². The third-order valence-corrected chi connectivity index (χ3v) is 3.65. The van der Waals surface area contributed by atoms with Gasteiger partial charge in [0.15, 0.2) is 0 Å². The van der Waals surface area contributed by atoms with E-state index in [1.807, 2.05) is 0 Å². The van der Waals surface area contributed by atoms with Crippen LogP contribution in [0.3, 0.4) is 0 Å². The molecule has 0 aliphatic heterocycles. The molecule has 116 valence electrons. The molecule has 0 spiro atoms. The molecular formula is C16H16Cl2N2O2. The topological polar surface area (TPSA) is 64.3 Å². The van der Waals surface area contributed by atoms with E-state index in [4.69, 9.17) is 33.7 Å². The van der Waals surface area contributed by atoms with Crippen LogP contribution in [0.5, 0.6) is 0 Å². The highest BCUT2D eigenvalue weighted by Gasteiger charge is 2.16. The lowest BCUT2D eigenvalue weighted by Gasteiger charge is -2.15. The fourth-order valence-electron chi connectivity index (χ4n) is 1.86. The number of rotatable bonds is 4. The summed E-state index contributed by atoms with van der Waals surface area (Å²) in [6, 6.07) is 10.2. The second kappa shape index (κ2) is 6.90. The van der Waals surface area contributed by atoms with Gasteiger partial charge >= 0.3 is 5.97 Å². The highest BCUT2D eigenvalue weighted by molar-refractivity contribution is 6.43. The van der Waals surface area contributed by atoms with Crippen molar-refractivity contribution in [1.82, 2.24) is 0 Å². The minimum atomic E-state index is -0.456. The Morgan fingerprint density at radius 2 is 1.91 bits per heavy atom. The lowest BCUT2D eigenvalue weighted by molar-refractivity contribution is 0.0379. The number of carbonyl (C=O) groups excluding carboxylic acids is 1. The lowest BCUT2D eigenvalue weighted by atomic mass is 10.1. The minimum Gasteiger partial charge on any atom is -0.459 e. The van der Waals surface area contributed by atoms with Gasteiger partial charge in [0, 0.05) is 5.69 Å². The van der Waals surface area contributed by atoms with Crippen LogP contribution >= 0.6 is 23.2 Å². The maximum Gasteiger partial charge on any atom is 0.340 e. The summed E-state index contributed by atoms with van der Waals surface area (Å²) < 4.78 is 5.23. The van der Waals surface area contributed by atoms with Crippen molar-refractivity contribution in [2.24, 2.45) is 0 Å². The Hall–Kier alpha value is -1.91. The van der Waals surface area contributed by atoms with Crippen LogP contribution in [-0.4, -0.2) is 12.1 Å². The highest BCUT2D eigenvalue weighted by atomic mass is 35.5. The summed E-state index contributed by atoms with van der Waals surface area (Å²) >= 11 is 12.1. The summed E-state index contributed by atoms with van der Waals surface area (Å²) in [5, 5.41) is 3.89. The number of carbonyl (C=O) groups is 1. The molecule has 0 atom stereocenters. The van der Waals surface area contributed by atoms with Gasteiger partial charge in [-0.1, -0.05) is 29.3 Å². The van der Waals surface area contributed by atoms with Crippen molar-refractivity contribution in [2.75, 3.05) is 11.1 Å². The van der Waals surface area contributed by atoms with Crippen molar-refractivity contribution in [3.8, 4) is 0 Å². The fraction of sp³-hybridized carbons (Fsp3) is 0.188. The van der Waals surface area contributed by atoms with E-state index in [0.29, 0.717) is 32.7 Å². The number of hydrogen-bond acceptors (Lipinski definition) is 4. The maximum atomic E-state index is 12.2. The van der Waals surface area contributed by atoms with Crippen molar-refractivity contribution < 1.29 is 9.53 Å². The summed E-state index contributed by atoms with van der Waals surface area (Å²) in [7, 11) is 0. The first-order chi connectivity index (χ1) is 10.4. The Morgan fingerprint density at radius 3 is 2.59 bits per heavy atom. The molecule has 0 fully saturated rings. The van der Waals surface area contributed by atoms with Gasteiger partial charge in [0.2, 0.25) is 0 Å². The average molecular weight is 339 g/mol. The SMILES string of the molecule is CC(C)OC(=O)c1cc(N)ccc1Nc1cccc(Cl)c1Cl. The molecule has 0 aliphatic rings. The summed E-state index contributed by atoms with van der Waals surface area (Å²) in [4.78, 5) is 12.2. The number of anilines is 3. The summed E-state index contributed by atoms with van der Waals surface area (Å²) in [6.45, 7) is 3.57. The molecule has 2 rings (SSSR count). The van der Waals surface area contributed by atoms with E-state index < -0.39 is 5.97 Å². The molecule has 0 aromatic heterocycles. The van der Waals surface area contributed by atoms with E-state index in [1.165, 1.54) is 0 Å². The molecule has 2 aromatic rings. The van der Waals surface area contributed by atoms with Crippen LogP contribution in [0.1, 0.15) is 24.2 Å². The summed E-state index contributed by atoms with van der Waals surface area (Å²) in [5.74, 6) is -0.456. The molecule has 22 heavy (non-hydrogen) atoms. The Bertz CT molecular complexity index is 703. The molecule has 0 heterocycles. The predicted molar refractivity (Wildman–Crippen MR) is 91.2 cm³/mol. The maximum absolute atomic E-state index is 12.2. The minimum absolute atomic E-state index is 0.225. The van der Waals surface area contributed by atoms with Crippen LogP contribution < -0.4 is 11.1 Å². The molecule has 0 amide bonds. The van der Waals surface area contributed by atoms with Crippen LogP contribution in [0.2, 0.25) is 10.0 Å². The third-order valence-electron chi connectivity index (χ3n) is 2.83. The first-order valence-corrected chi connectivity index (χ1v) is 7.45. The average Bonchev–Trinajstić information content (AvgIpc) is 2.45. The monoisotopic (exact) mass is 338 g/mol. The lowest BCUT2D eigenvalue weighted by Crippen LogP contribution is -2.13. The van der Waals surface area contributed by atoms with Crippen LogP contribution in [0.4, 0.5) is 17.1 Å². The third kappa shape index (κ3) is 3.84. The molecule has 2 aromatic carbocycles. The van der Waals surface area contributed by atoms with Crippen molar-refractivity contribution in [2.45, 2.75) is 20.0 Å². The van der Waals surface area contributed by atoms with E-state index in [2.05, 4.69) is 5.32 Å². The van der Waals surface area contributed by atoms with Gasteiger partial charge in [0.05, 0.1) is 33.1 Å². The van der Waals surface area contributed by atoms with Gasteiger partial charge < -0.3 is 15.8 Å². The van der Waals surface area contributed by atoms with E-state index >= 15 is 0 Å². The van der Waals surface area contributed by atoms with Crippen LogP contribution in [0.15, 0.2) is 36.4 Å². The van der Waals surface area contributed by atoms with Crippen molar-refractivity contribution in [3.63, 3.8) is 0 Å². The number of esters is 1. The number of benzene rings is 2. The first kappa shape index (κ1) is 16.5. The van der Waals surface area contributed by atoms with E-state index in [0.717, 1.165) is 0 Å². The molecule has 0 bridgehead atoms. The molecule has 0 aliphatic carbocycles. The molecule has 3 N–H and O–H groups in total. The Morgan fingerprint density at radius 1 is 1.18 bits per heavy atom. The number of halogens is 2. The van der Waals surface area contributed by atoms with Gasteiger partial charge in [-0.3, -0.25) is 0 Å². The number of nitrogens with one attached hydrogen (secondary N) is 1. The molecule has 4 nitrogen and oxygen atoms in total. The van der Waals surface area contributed by atoms with Gasteiger partial charge in [-0.2, -0.15) is 0 Å². The van der Waals surface area contributed by atoms with Crippen LogP contribution in [-0.2, 0) is 4.74 Å². The predicted octanol–water partition coefficient (Wildman–Crippen LogP) is 4.88. The zero-order chi connectivity index (χ0) is 16.3. The van der Waals surface area contributed by atoms with Crippen LogP contribution in [0, 0.1) is 0 Å². The fourth-order valence-corrected chi connectivity index (χ4v) is 2.21. The Kier molecular flexibility index (Phi) is 5.16. The normalized spacial score (nSPS) is 10.6. The first-order valence-electron chi connectivity index (χ1n) is 6.70. The summed E-state index contributed by atoms with van der Waals surface area (Å²) in [6.07, 6.45) is -0.225. The number of nitrogen functional groups attached to an aromatic ring is 1. The second-order valence-corrected chi connectivity index (χ2v) is 5.77. The highest BCUT2D eigenvalue weighted by Crippen LogP contribution is 2.33. The molecule has 6 heteroatoms. The molecule has 0 unspecified atom stereocenters. The largest absolute Gasteiger partial charge is 0.459 e. The van der Waals surface area contributed by atoms with Crippen molar-refractivity contribution >= 4 is 46.2 Å².